The van der Waals surface area contributed by atoms with E-state index in [2.05, 4.69) is 99.2 Å². The molecule has 4 heteroatoms. The molecule has 1 aliphatic rings. The van der Waals surface area contributed by atoms with Crippen LogP contribution < -0.4 is 5.32 Å². The highest BCUT2D eigenvalue weighted by molar-refractivity contribution is 14.1. The molecule has 0 aliphatic carbocycles. The summed E-state index contributed by atoms with van der Waals surface area (Å²) in [5, 5.41) is 3.71. The van der Waals surface area contributed by atoms with Crippen molar-refractivity contribution >= 4 is 39.3 Å². The molecule has 0 saturated heterocycles. The van der Waals surface area contributed by atoms with Crippen molar-refractivity contribution in [3.05, 3.63) is 81.9 Å². The molecule has 1 N–H and O–H groups in total. The molecule has 1 aliphatic heterocycles. The van der Waals surface area contributed by atoms with Crippen LogP contribution in [0.15, 0.2) is 72.8 Å². The quantitative estimate of drug-likeness (QED) is 0.423. The summed E-state index contributed by atoms with van der Waals surface area (Å²) in [6.07, 6.45) is 0.0374. The number of para-hydroxylation sites is 3. The molecule has 0 saturated carbocycles. The maximum Gasteiger partial charge on any atom is 0.145 e. The van der Waals surface area contributed by atoms with Gasteiger partial charge in [-0.15, -0.1) is 0 Å². The van der Waals surface area contributed by atoms with Crippen LogP contribution in [0, 0.1) is 3.57 Å². The van der Waals surface area contributed by atoms with Crippen molar-refractivity contribution in [3.8, 4) is 11.4 Å². The fourth-order valence-corrected chi connectivity index (χ4v) is 4.11. The molecule has 0 fully saturated rings. The first-order chi connectivity index (χ1) is 11.8. The van der Waals surface area contributed by atoms with Crippen molar-refractivity contribution in [2.45, 2.75) is 6.17 Å². The SMILES string of the molecule is Ic1ccccc1[C@H]1Nc2ccccc2-c2nc3ccccc3n21. The molecular weight excluding hydrogens is 409 g/mol. The number of hydrogen-bond donors (Lipinski definition) is 1. The minimum atomic E-state index is 0.0374. The Morgan fingerprint density at radius 2 is 1.62 bits per heavy atom. The van der Waals surface area contributed by atoms with Crippen LogP contribution >= 0.6 is 22.6 Å². The van der Waals surface area contributed by atoms with Gasteiger partial charge in [0.2, 0.25) is 0 Å². The van der Waals surface area contributed by atoms with Gasteiger partial charge >= 0.3 is 0 Å². The normalized spacial score (nSPS) is 15.6. The number of fused-ring (bicyclic) bond motifs is 5. The van der Waals surface area contributed by atoms with Crippen LogP contribution in [0.1, 0.15) is 11.7 Å². The van der Waals surface area contributed by atoms with Crippen LogP contribution in [0.3, 0.4) is 0 Å². The van der Waals surface area contributed by atoms with E-state index in [1.54, 1.807) is 0 Å². The maximum absolute atomic E-state index is 4.92. The highest BCUT2D eigenvalue weighted by Gasteiger charge is 2.28. The molecule has 3 aromatic carbocycles. The summed E-state index contributed by atoms with van der Waals surface area (Å²) in [5.74, 6) is 1.02. The Hall–Kier alpha value is -2.34. The smallest absolute Gasteiger partial charge is 0.145 e. The van der Waals surface area contributed by atoms with Crippen LogP contribution in [-0.2, 0) is 0 Å². The highest BCUT2D eigenvalue weighted by atomic mass is 127. The fourth-order valence-electron chi connectivity index (χ4n) is 3.43. The number of anilines is 1. The van der Waals surface area contributed by atoms with Crippen molar-refractivity contribution in [1.82, 2.24) is 9.55 Å². The molecule has 0 unspecified atom stereocenters. The molecule has 1 atom stereocenters. The molecule has 5 rings (SSSR count). The van der Waals surface area contributed by atoms with Gasteiger partial charge in [-0.05, 0) is 52.9 Å². The van der Waals surface area contributed by atoms with Crippen molar-refractivity contribution in [2.75, 3.05) is 5.32 Å². The number of nitrogens with zero attached hydrogens (tertiary/aromatic N) is 2. The molecule has 3 nitrogen and oxygen atoms in total. The third-order valence-corrected chi connectivity index (χ3v) is 5.50. The monoisotopic (exact) mass is 423 g/mol. The second-order valence-electron chi connectivity index (χ2n) is 5.91. The minimum absolute atomic E-state index is 0.0374. The fraction of sp³-hybridized carbons (Fsp3) is 0.0500. The van der Waals surface area contributed by atoms with E-state index in [1.807, 2.05) is 6.07 Å². The van der Waals surface area contributed by atoms with E-state index in [9.17, 15) is 0 Å². The number of aromatic nitrogens is 2. The second kappa shape index (κ2) is 5.34. The van der Waals surface area contributed by atoms with Crippen molar-refractivity contribution < 1.29 is 0 Å². The zero-order chi connectivity index (χ0) is 16.1. The summed E-state index contributed by atoms with van der Waals surface area (Å²) >= 11 is 2.41. The molecule has 0 spiro atoms. The average Bonchev–Trinajstić information content (AvgIpc) is 3.01. The van der Waals surface area contributed by atoms with E-state index in [4.69, 9.17) is 4.98 Å². The van der Waals surface area contributed by atoms with Gasteiger partial charge < -0.3 is 5.32 Å². The number of hydrogen-bond acceptors (Lipinski definition) is 2. The molecule has 0 bridgehead atoms. The van der Waals surface area contributed by atoms with Crippen LogP contribution in [0.4, 0.5) is 5.69 Å². The number of nitrogens with one attached hydrogen (secondary N) is 1. The van der Waals surface area contributed by atoms with Gasteiger partial charge in [0.1, 0.15) is 12.0 Å². The lowest BCUT2D eigenvalue weighted by Gasteiger charge is -2.30. The number of rotatable bonds is 1. The first-order valence-electron chi connectivity index (χ1n) is 7.90. The van der Waals surface area contributed by atoms with Gasteiger partial charge in [-0.1, -0.05) is 42.5 Å². The number of benzene rings is 3. The van der Waals surface area contributed by atoms with Crippen LogP contribution in [-0.4, -0.2) is 9.55 Å². The minimum Gasteiger partial charge on any atom is -0.361 e. The Balaban J connectivity index is 1.86. The summed E-state index contributed by atoms with van der Waals surface area (Å²) in [4.78, 5) is 4.92. The summed E-state index contributed by atoms with van der Waals surface area (Å²) in [6.45, 7) is 0. The Bertz CT molecular complexity index is 1070. The lowest BCUT2D eigenvalue weighted by atomic mass is 10.1. The van der Waals surface area contributed by atoms with Gasteiger partial charge in [0.15, 0.2) is 0 Å². The van der Waals surface area contributed by atoms with E-state index >= 15 is 0 Å². The Morgan fingerprint density at radius 1 is 0.875 bits per heavy atom. The summed E-state index contributed by atoms with van der Waals surface area (Å²) < 4.78 is 3.56. The van der Waals surface area contributed by atoms with Gasteiger partial charge in [0.25, 0.3) is 0 Å². The van der Waals surface area contributed by atoms with Crippen LogP contribution in [0.5, 0.6) is 0 Å². The number of halogens is 1. The zero-order valence-corrected chi connectivity index (χ0v) is 14.9. The first-order valence-corrected chi connectivity index (χ1v) is 8.98. The summed E-state index contributed by atoms with van der Waals surface area (Å²) in [7, 11) is 0. The first kappa shape index (κ1) is 14.0. The Labute approximate surface area is 153 Å². The van der Waals surface area contributed by atoms with E-state index < -0.39 is 0 Å². The Kier molecular flexibility index (Phi) is 3.13. The van der Waals surface area contributed by atoms with Gasteiger partial charge in [-0.3, -0.25) is 4.57 Å². The average molecular weight is 423 g/mol. The van der Waals surface area contributed by atoms with Crippen molar-refractivity contribution in [2.24, 2.45) is 0 Å². The van der Waals surface area contributed by atoms with Crippen molar-refractivity contribution in [1.29, 1.82) is 0 Å². The van der Waals surface area contributed by atoms with Gasteiger partial charge in [0, 0.05) is 20.4 Å². The van der Waals surface area contributed by atoms with E-state index in [0.29, 0.717) is 0 Å². The predicted molar refractivity (Wildman–Crippen MR) is 106 cm³/mol. The molecule has 24 heavy (non-hydrogen) atoms. The molecule has 0 amide bonds. The lowest BCUT2D eigenvalue weighted by Crippen LogP contribution is -2.25. The Morgan fingerprint density at radius 3 is 2.54 bits per heavy atom. The molecule has 0 radical (unpaired) electrons. The molecule has 2 heterocycles. The third-order valence-electron chi connectivity index (χ3n) is 4.51. The van der Waals surface area contributed by atoms with Gasteiger partial charge in [-0.2, -0.15) is 0 Å². The van der Waals surface area contributed by atoms with Gasteiger partial charge in [-0.25, -0.2) is 4.98 Å². The number of imidazole rings is 1. The predicted octanol–water partition coefficient (Wildman–Crippen LogP) is 5.28. The standard InChI is InChI=1S/C20H14IN3/c21-15-9-3-1-7-13(15)19-22-16-10-4-2-8-14(16)20-23-17-11-5-6-12-18(17)24(19)20/h1-12,19,22H/t19-/m0/s1. The highest BCUT2D eigenvalue weighted by Crippen LogP contribution is 2.41. The van der Waals surface area contributed by atoms with E-state index in [-0.39, 0.29) is 6.17 Å². The largest absolute Gasteiger partial charge is 0.361 e. The molecular formula is C20H14IN3. The van der Waals surface area contributed by atoms with E-state index in [0.717, 1.165) is 28.1 Å². The van der Waals surface area contributed by atoms with E-state index in [1.165, 1.54) is 9.13 Å². The van der Waals surface area contributed by atoms with Crippen LogP contribution in [0.25, 0.3) is 22.4 Å². The van der Waals surface area contributed by atoms with Gasteiger partial charge in [0.05, 0.1) is 11.0 Å². The topological polar surface area (TPSA) is 29.9 Å². The van der Waals surface area contributed by atoms with Crippen LogP contribution in [0.2, 0.25) is 0 Å². The molecule has 4 aromatic rings. The second-order valence-corrected chi connectivity index (χ2v) is 7.07. The molecule has 1 aromatic heterocycles. The van der Waals surface area contributed by atoms with Crippen molar-refractivity contribution in [3.63, 3.8) is 0 Å². The third kappa shape index (κ3) is 1.99. The zero-order valence-electron chi connectivity index (χ0n) is 12.8. The lowest BCUT2D eigenvalue weighted by molar-refractivity contribution is 0.666. The maximum atomic E-state index is 4.92. The summed E-state index contributed by atoms with van der Waals surface area (Å²) in [6, 6.07) is 25.2. The molecule has 116 valence electrons. The summed E-state index contributed by atoms with van der Waals surface area (Å²) in [5.41, 5.74) is 5.72.